The van der Waals surface area contributed by atoms with Gasteiger partial charge in [-0.25, -0.2) is 4.79 Å². The zero-order valence-electron chi connectivity index (χ0n) is 25.2. The summed E-state index contributed by atoms with van der Waals surface area (Å²) in [4.78, 5) is 30.8. The van der Waals surface area contributed by atoms with Gasteiger partial charge in [-0.3, -0.25) is 4.79 Å². The summed E-state index contributed by atoms with van der Waals surface area (Å²) < 4.78 is 23.3. The van der Waals surface area contributed by atoms with Gasteiger partial charge in [0, 0.05) is 43.1 Å². The van der Waals surface area contributed by atoms with Crippen LogP contribution in [0.2, 0.25) is 0 Å². The fraction of sp³-hybridized carbons (Fsp3) is 0.548. The number of nitrogens with zero attached hydrogens (tertiary/aromatic N) is 2. The van der Waals surface area contributed by atoms with Crippen LogP contribution in [-0.2, 0) is 4.74 Å². The molecule has 0 bridgehead atoms. The molecule has 0 unspecified atom stereocenters. The number of rotatable bonds is 6. The summed E-state index contributed by atoms with van der Waals surface area (Å²) >= 11 is 0. The molecular formula is C31H44N4O7. The summed E-state index contributed by atoms with van der Waals surface area (Å²) in [6.45, 7) is 7.57. The molecule has 11 heteroatoms. The maximum Gasteiger partial charge on any atom is 0.323 e. The van der Waals surface area contributed by atoms with Crippen molar-refractivity contribution in [2.75, 3.05) is 57.8 Å². The average Bonchev–Trinajstić information content (AvgIpc) is 3.42. The minimum absolute atomic E-state index is 0.00497. The van der Waals surface area contributed by atoms with Crippen LogP contribution in [0.25, 0.3) is 0 Å². The highest BCUT2D eigenvalue weighted by atomic mass is 16.7. The van der Waals surface area contributed by atoms with Crippen LogP contribution >= 0.6 is 0 Å². The van der Waals surface area contributed by atoms with E-state index in [-0.39, 0.29) is 37.4 Å². The molecule has 3 N–H and O–H groups in total. The number of anilines is 2. The van der Waals surface area contributed by atoms with E-state index in [9.17, 15) is 14.7 Å². The van der Waals surface area contributed by atoms with Gasteiger partial charge in [-0.1, -0.05) is 6.92 Å². The first-order chi connectivity index (χ1) is 20.1. The molecule has 2 aliphatic heterocycles. The summed E-state index contributed by atoms with van der Waals surface area (Å²) in [5.74, 6) is 1.34. The van der Waals surface area contributed by atoms with Crippen molar-refractivity contribution < 1.29 is 33.6 Å². The van der Waals surface area contributed by atoms with Gasteiger partial charge in [-0.2, -0.15) is 0 Å². The number of aliphatic hydroxyl groups is 1. The van der Waals surface area contributed by atoms with Crippen molar-refractivity contribution in [2.45, 2.75) is 58.3 Å². The predicted octanol–water partition coefficient (Wildman–Crippen LogP) is 4.42. The lowest BCUT2D eigenvalue weighted by molar-refractivity contribution is -0.0137. The standard InChI is InChI=1S/C31H44N4O7/c1-20-16-35(21(2)18-36)30(37)25-14-23(32-31(38)33-24-10-12-27-28(15-24)41-19-40-27)9-11-26(25)42-22(3)8-6-7-13-39-29(20)17-34(4)5/h9-12,14-15,20-22,29,36H,6-8,13,16-19H2,1-5H3,(H2,32,33,38)/t20-,21-,22-,29-/m1/s1. The van der Waals surface area contributed by atoms with Crippen molar-refractivity contribution in [3.8, 4) is 17.2 Å². The average molecular weight is 585 g/mol. The molecule has 11 nitrogen and oxygen atoms in total. The highest BCUT2D eigenvalue weighted by Crippen LogP contribution is 2.34. The third kappa shape index (κ3) is 8.27. The summed E-state index contributed by atoms with van der Waals surface area (Å²) in [6.07, 6.45) is 2.44. The van der Waals surface area contributed by atoms with Crippen LogP contribution < -0.4 is 24.8 Å². The van der Waals surface area contributed by atoms with E-state index < -0.39 is 12.1 Å². The van der Waals surface area contributed by atoms with E-state index in [0.29, 0.717) is 47.3 Å². The molecule has 2 heterocycles. The quantitative estimate of drug-likeness (QED) is 0.457. The summed E-state index contributed by atoms with van der Waals surface area (Å²) in [6, 6.07) is 9.28. The first-order valence-electron chi connectivity index (χ1n) is 14.6. The number of amides is 3. The molecule has 42 heavy (non-hydrogen) atoms. The van der Waals surface area contributed by atoms with Crippen LogP contribution in [0, 0.1) is 5.92 Å². The normalized spacial score (nSPS) is 22.1. The molecule has 0 saturated heterocycles. The number of nitrogens with one attached hydrogen (secondary N) is 2. The van der Waals surface area contributed by atoms with Gasteiger partial charge in [0.25, 0.3) is 5.91 Å². The maximum absolute atomic E-state index is 14.2. The number of urea groups is 1. The molecule has 4 rings (SSSR count). The van der Waals surface area contributed by atoms with Gasteiger partial charge in [0.2, 0.25) is 6.79 Å². The Morgan fingerprint density at radius 3 is 2.45 bits per heavy atom. The number of hydrogen-bond acceptors (Lipinski definition) is 8. The first-order valence-corrected chi connectivity index (χ1v) is 14.6. The lowest BCUT2D eigenvalue weighted by atomic mass is 10.0. The van der Waals surface area contributed by atoms with Gasteiger partial charge in [-0.05, 0) is 77.5 Å². The number of hydrogen-bond donors (Lipinski definition) is 3. The van der Waals surface area contributed by atoms with E-state index in [4.69, 9.17) is 18.9 Å². The molecule has 230 valence electrons. The molecule has 0 saturated carbocycles. The Balaban J connectivity index is 1.60. The van der Waals surface area contributed by atoms with E-state index in [0.717, 1.165) is 25.8 Å². The van der Waals surface area contributed by atoms with E-state index in [1.54, 1.807) is 41.3 Å². The third-order valence-electron chi connectivity index (χ3n) is 7.48. The number of carbonyl (C=O) groups excluding carboxylic acids is 2. The van der Waals surface area contributed by atoms with Crippen molar-refractivity contribution in [1.82, 2.24) is 9.80 Å². The lowest BCUT2D eigenvalue weighted by Crippen LogP contribution is -2.47. The fourth-order valence-electron chi connectivity index (χ4n) is 5.09. The van der Waals surface area contributed by atoms with Gasteiger partial charge in [0.1, 0.15) is 5.75 Å². The van der Waals surface area contributed by atoms with E-state index in [1.807, 2.05) is 27.9 Å². The predicted molar refractivity (Wildman–Crippen MR) is 161 cm³/mol. The molecule has 4 atom stereocenters. The van der Waals surface area contributed by atoms with E-state index in [2.05, 4.69) is 22.5 Å². The third-order valence-corrected chi connectivity index (χ3v) is 7.48. The monoisotopic (exact) mass is 584 g/mol. The van der Waals surface area contributed by atoms with Crippen LogP contribution in [0.5, 0.6) is 17.2 Å². The van der Waals surface area contributed by atoms with Crippen molar-refractivity contribution >= 4 is 23.3 Å². The van der Waals surface area contributed by atoms with E-state index in [1.165, 1.54) is 0 Å². The van der Waals surface area contributed by atoms with Crippen molar-refractivity contribution in [1.29, 1.82) is 0 Å². The summed E-state index contributed by atoms with van der Waals surface area (Å²) in [7, 11) is 4.01. The molecule has 2 aliphatic rings. The molecule has 0 radical (unpaired) electrons. The van der Waals surface area contributed by atoms with Gasteiger partial charge in [0.15, 0.2) is 11.5 Å². The maximum atomic E-state index is 14.2. The molecule has 3 amide bonds. The number of carbonyl (C=O) groups is 2. The lowest BCUT2D eigenvalue weighted by Gasteiger charge is -2.35. The van der Waals surface area contributed by atoms with Crippen LogP contribution in [0.3, 0.4) is 0 Å². The number of aliphatic hydroxyl groups excluding tert-OH is 1. The first kappa shape index (κ1) is 31.4. The number of benzene rings is 2. The van der Waals surface area contributed by atoms with Gasteiger partial charge >= 0.3 is 6.03 Å². The topological polar surface area (TPSA) is 122 Å². The molecule has 0 fully saturated rings. The molecule has 2 aromatic rings. The number of ether oxygens (including phenoxy) is 4. The Labute approximate surface area is 248 Å². The second-order valence-electron chi connectivity index (χ2n) is 11.4. The van der Waals surface area contributed by atoms with Gasteiger partial charge < -0.3 is 44.5 Å². The van der Waals surface area contributed by atoms with Crippen molar-refractivity contribution in [2.24, 2.45) is 5.92 Å². The Kier molecular flexibility index (Phi) is 10.9. The Bertz CT molecular complexity index is 1220. The zero-order chi connectivity index (χ0) is 30.2. The van der Waals surface area contributed by atoms with Crippen LogP contribution in [0.1, 0.15) is 50.4 Å². The Morgan fingerprint density at radius 1 is 1.05 bits per heavy atom. The smallest absolute Gasteiger partial charge is 0.323 e. The molecule has 0 aromatic heterocycles. The zero-order valence-corrected chi connectivity index (χ0v) is 25.2. The fourth-order valence-corrected chi connectivity index (χ4v) is 5.09. The molecule has 0 aliphatic carbocycles. The highest BCUT2D eigenvalue weighted by Gasteiger charge is 2.30. The molecular weight excluding hydrogens is 540 g/mol. The van der Waals surface area contributed by atoms with Crippen molar-refractivity contribution in [3.05, 3.63) is 42.0 Å². The van der Waals surface area contributed by atoms with Crippen molar-refractivity contribution in [3.63, 3.8) is 0 Å². The molecule has 2 aromatic carbocycles. The van der Waals surface area contributed by atoms with Crippen LogP contribution in [0.15, 0.2) is 36.4 Å². The Hall–Kier alpha value is -3.54. The minimum Gasteiger partial charge on any atom is -0.490 e. The minimum atomic E-state index is -0.477. The van der Waals surface area contributed by atoms with Crippen LogP contribution in [-0.4, -0.2) is 92.3 Å². The number of likely N-dealkylation sites (N-methyl/N-ethyl adjacent to an activating group) is 1. The second kappa shape index (κ2) is 14.6. The SMILES string of the molecule is C[C@@H]1CCCCO[C@H](CN(C)C)[C@H](C)CN([C@H](C)CO)C(=O)c2cc(NC(=O)Nc3ccc4c(c3)OCO4)ccc2O1. The second-order valence-corrected chi connectivity index (χ2v) is 11.4. The summed E-state index contributed by atoms with van der Waals surface area (Å²) in [5.41, 5.74) is 1.28. The Morgan fingerprint density at radius 2 is 1.74 bits per heavy atom. The summed E-state index contributed by atoms with van der Waals surface area (Å²) in [5, 5.41) is 15.7. The highest BCUT2D eigenvalue weighted by molar-refractivity contribution is 6.02. The van der Waals surface area contributed by atoms with Crippen LogP contribution in [0.4, 0.5) is 16.2 Å². The van der Waals surface area contributed by atoms with E-state index >= 15 is 0 Å². The van der Waals surface area contributed by atoms with Gasteiger partial charge in [-0.15, -0.1) is 0 Å². The number of fused-ring (bicyclic) bond motifs is 2. The molecule has 0 spiro atoms. The van der Waals surface area contributed by atoms with Gasteiger partial charge in [0.05, 0.1) is 30.4 Å². The largest absolute Gasteiger partial charge is 0.490 e.